The molecule has 0 aliphatic rings. The van der Waals surface area contributed by atoms with Gasteiger partial charge in [-0.05, 0) is 30.7 Å². The molecule has 0 spiro atoms. The van der Waals surface area contributed by atoms with E-state index in [9.17, 15) is 8.78 Å². The summed E-state index contributed by atoms with van der Waals surface area (Å²) < 4.78 is 32.2. The summed E-state index contributed by atoms with van der Waals surface area (Å²) in [6.07, 6.45) is 0. The zero-order valence-corrected chi connectivity index (χ0v) is 10.6. The summed E-state index contributed by atoms with van der Waals surface area (Å²) in [4.78, 5) is 0. The average Bonchev–Trinajstić information content (AvgIpc) is 2.38. The summed E-state index contributed by atoms with van der Waals surface area (Å²) in [7, 11) is 1.49. The lowest BCUT2D eigenvalue weighted by atomic mass is 10.2. The van der Waals surface area contributed by atoms with Crippen LogP contribution in [0.4, 0.5) is 25.8 Å². The summed E-state index contributed by atoms with van der Waals surface area (Å²) >= 11 is 0. The number of halogens is 2. The predicted octanol–water partition coefficient (Wildman–Crippen LogP) is 3.61. The summed E-state index contributed by atoms with van der Waals surface area (Å²) in [6, 6.07) is 7.29. The molecule has 0 radical (unpaired) electrons. The molecule has 19 heavy (non-hydrogen) atoms. The molecule has 0 fully saturated rings. The average molecular weight is 264 g/mol. The number of ether oxygens (including phenoxy) is 1. The highest BCUT2D eigenvalue weighted by Gasteiger charge is 2.10. The van der Waals surface area contributed by atoms with E-state index in [0.717, 1.165) is 12.1 Å². The molecule has 100 valence electrons. The minimum absolute atomic E-state index is 0.0306. The molecule has 3 nitrogen and oxygen atoms in total. The van der Waals surface area contributed by atoms with E-state index in [1.54, 1.807) is 18.2 Å². The van der Waals surface area contributed by atoms with Crippen molar-refractivity contribution in [1.82, 2.24) is 0 Å². The Morgan fingerprint density at radius 2 is 1.84 bits per heavy atom. The highest BCUT2D eigenvalue weighted by molar-refractivity contribution is 5.77. The third-order valence-electron chi connectivity index (χ3n) is 2.80. The monoisotopic (exact) mass is 264 g/mol. The minimum Gasteiger partial charge on any atom is -0.495 e. The number of hydrogen-bond acceptors (Lipinski definition) is 3. The molecular weight excluding hydrogens is 250 g/mol. The van der Waals surface area contributed by atoms with Gasteiger partial charge in [0.1, 0.15) is 17.4 Å². The first-order valence-electron chi connectivity index (χ1n) is 5.68. The van der Waals surface area contributed by atoms with Gasteiger partial charge in [-0.25, -0.2) is 8.78 Å². The Balaban J connectivity index is 2.39. The van der Waals surface area contributed by atoms with Crippen LogP contribution in [0, 0.1) is 18.6 Å². The number of nitrogens with two attached hydrogens (primary N) is 1. The first-order chi connectivity index (χ1) is 9.02. The zero-order valence-electron chi connectivity index (χ0n) is 10.6. The van der Waals surface area contributed by atoms with Gasteiger partial charge in [-0.1, -0.05) is 6.07 Å². The Kier molecular flexibility index (Phi) is 3.55. The first kappa shape index (κ1) is 13.1. The van der Waals surface area contributed by atoms with Crippen LogP contribution in [0.15, 0.2) is 30.3 Å². The maximum Gasteiger partial charge on any atom is 0.147 e. The molecule has 0 atom stereocenters. The number of nitrogens with one attached hydrogen (secondary N) is 1. The second kappa shape index (κ2) is 5.14. The number of para-hydroxylation sites is 1. The van der Waals surface area contributed by atoms with Gasteiger partial charge in [-0.3, -0.25) is 0 Å². The van der Waals surface area contributed by atoms with Crippen molar-refractivity contribution in [1.29, 1.82) is 0 Å². The molecule has 0 aliphatic heterocycles. The van der Waals surface area contributed by atoms with Crippen LogP contribution in [0.2, 0.25) is 0 Å². The lowest BCUT2D eigenvalue weighted by Gasteiger charge is -2.13. The van der Waals surface area contributed by atoms with Gasteiger partial charge < -0.3 is 15.8 Å². The highest BCUT2D eigenvalue weighted by atomic mass is 19.1. The summed E-state index contributed by atoms with van der Waals surface area (Å²) in [5.41, 5.74) is 6.94. The molecule has 2 aromatic carbocycles. The van der Waals surface area contributed by atoms with Gasteiger partial charge in [0.05, 0.1) is 24.2 Å². The molecule has 0 saturated heterocycles. The van der Waals surface area contributed by atoms with Crippen LogP contribution in [0.3, 0.4) is 0 Å². The van der Waals surface area contributed by atoms with Crippen LogP contribution >= 0.6 is 0 Å². The molecule has 0 bridgehead atoms. The normalized spacial score (nSPS) is 10.3. The number of anilines is 3. The van der Waals surface area contributed by atoms with Crippen LogP contribution < -0.4 is 15.8 Å². The largest absolute Gasteiger partial charge is 0.495 e. The Bertz CT molecular complexity index is 615. The van der Waals surface area contributed by atoms with E-state index in [-0.39, 0.29) is 11.3 Å². The molecule has 5 heteroatoms. The molecule has 0 aliphatic carbocycles. The second-order valence-corrected chi connectivity index (χ2v) is 4.13. The molecule has 0 amide bonds. The molecule has 3 N–H and O–H groups in total. The maximum absolute atomic E-state index is 13.7. The number of rotatable bonds is 3. The second-order valence-electron chi connectivity index (χ2n) is 4.13. The maximum atomic E-state index is 13.7. The van der Waals surface area contributed by atoms with E-state index in [1.807, 2.05) is 0 Å². The van der Waals surface area contributed by atoms with E-state index >= 15 is 0 Å². The van der Waals surface area contributed by atoms with Crippen molar-refractivity contribution in [2.45, 2.75) is 6.92 Å². The van der Waals surface area contributed by atoms with E-state index in [0.29, 0.717) is 17.1 Å². The Labute approximate surface area is 110 Å². The highest BCUT2D eigenvalue weighted by Crippen LogP contribution is 2.32. The number of nitrogen functional groups attached to an aromatic ring is 1. The number of hydrogen-bond donors (Lipinski definition) is 2. The Hall–Kier alpha value is -2.30. The molecular formula is C14H14F2N2O. The van der Waals surface area contributed by atoms with Gasteiger partial charge in [0.2, 0.25) is 0 Å². The van der Waals surface area contributed by atoms with Crippen molar-refractivity contribution in [3.05, 3.63) is 47.5 Å². The summed E-state index contributed by atoms with van der Waals surface area (Å²) in [5, 5.41) is 2.76. The van der Waals surface area contributed by atoms with Gasteiger partial charge in [0, 0.05) is 6.07 Å². The van der Waals surface area contributed by atoms with Crippen molar-refractivity contribution < 1.29 is 13.5 Å². The molecule has 2 aromatic rings. The SMILES string of the molecule is COc1cccc(Nc2cc(F)c(C)cc2F)c1N. The van der Waals surface area contributed by atoms with Crippen LogP contribution in [-0.4, -0.2) is 7.11 Å². The first-order valence-corrected chi connectivity index (χ1v) is 5.68. The Morgan fingerprint density at radius 1 is 1.11 bits per heavy atom. The van der Waals surface area contributed by atoms with Crippen molar-refractivity contribution in [2.24, 2.45) is 0 Å². The summed E-state index contributed by atoms with van der Waals surface area (Å²) in [6.45, 7) is 1.50. The van der Waals surface area contributed by atoms with Crippen LogP contribution in [0.25, 0.3) is 0 Å². The smallest absolute Gasteiger partial charge is 0.147 e. The fourth-order valence-corrected chi connectivity index (χ4v) is 1.72. The third kappa shape index (κ3) is 2.59. The number of methoxy groups -OCH3 is 1. The van der Waals surface area contributed by atoms with Gasteiger partial charge in [-0.2, -0.15) is 0 Å². The van der Waals surface area contributed by atoms with Crippen molar-refractivity contribution in [2.75, 3.05) is 18.2 Å². The molecule has 0 aromatic heterocycles. The van der Waals surface area contributed by atoms with Crippen molar-refractivity contribution >= 4 is 17.1 Å². The van der Waals surface area contributed by atoms with E-state index in [1.165, 1.54) is 14.0 Å². The minimum atomic E-state index is -0.541. The number of benzene rings is 2. The quantitative estimate of drug-likeness (QED) is 0.832. The standard InChI is InChI=1S/C14H14F2N2O/c1-8-6-10(16)12(7-9(8)15)18-11-4-3-5-13(19-2)14(11)17/h3-7,18H,17H2,1-2H3. The summed E-state index contributed by atoms with van der Waals surface area (Å²) in [5.74, 6) is -0.551. The van der Waals surface area contributed by atoms with Gasteiger partial charge in [0.15, 0.2) is 0 Å². The topological polar surface area (TPSA) is 47.3 Å². The van der Waals surface area contributed by atoms with Gasteiger partial charge in [-0.15, -0.1) is 0 Å². The third-order valence-corrected chi connectivity index (χ3v) is 2.80. The molecule has 0 unspecified atom stereocenters. The molecule has 0 heterocycles. The number of aryl methyl sites for hydroxylation is 1. The van der Waals surface area contributed by atoms with E-state index in [2.05, 4.69) is 5.32 Å². The van der Waals surface area contributed by atoms with Crippen LogP contribution in [-0.2, 0) is 0 Å². The van der Waals surface area contributed by atoms with Crippen molar-refractivity contribution in [3.63, 3.8) is 0 Å². The van der Waals surface area contributed by atoms with Gasteiger partial charge >= 0.3 is 0 Å². The fourth-order valence-electron chi connectivity index (χ4n) is 1.72. The Morgan fingerprint density at radius 3 is 2.53 bits per heavy atom. The fraction of sp³-hybridized carbons (Fsp3) is 0.143. The predicted molar refractivity (Wildman–Crippen MR) is 71.8 cm³/mol. The van der Waals surface area contributed by atoms with E-state index < -0.39 is 11.6 Å². The van der Waals surface area contributed by atoms with E-state index in [4.69, 9.17) is 10.5 Å². The van der Waals surface area contributed by atoms with Crippen molar-refractivity contribution in [3.8, 4) is 5.75 Å². The van der Waals surface area contributed by atoms with Crippen LogP contribution in [0.1, 0.15) is 5.56 Å². The lowest BCUT2D eigenvalue weighted by Crippen LogP contribution is -2.01. The zero-order chi connectivity index (χ0) is 14.0. The van der Waals surface area contributed by atoms with Crippen LogP contribution in [0.5, 0.6) is 5.75 Å². The lowest BCUT2D eigenvalue weighted by molar-refractivity contribution is 0.417. The van der Waals surface area contributed by atoms with Gasteiger partial charge in [0.25, 0.3) is 0 Å². The molecule has 0 saturated carbocycles. The molecule has 2 rings (SSSR count).